The van der Waals surface area contributed by atoms with Crippen LogP contribution in [0.2, 0.25) is 0 Å². The Hall–Kier alpha value is -1.75. The monoisotopic (exact) mass is 222 g/mol. The average Bonchev–Trinajstić information content (AvgIpc) is 2.71. The van der Waals surface area contributed by atoms with Crippen LogP contribution in [0.5, 0.6) is 0 Å². The van der Waals surface area contributed by atoms with E-state index in [1.807, 2.05) is 0 Å². The molecular formula is C10H10N2O2S. The Morgan fingerprint density at radius 3 is 2.53 bits per heavy atom. The number of benzene rings is 1. The van der Waals surface area contributed by atoms with Gasteiger partial charge >= 0.3 is 0 Å². The van der Waals surface area contributed by atoms with Crippen molar-refractivity contribution in [3.05, 3.63) is 42.6 Å². The number of nitrogen functional groups attached to an aromatic ring is 1. The lowest BCUT2D eigenvalue weighted by Crippen LogP contribution is -2.02. The fourth-order valence-corrected chi connectivity index (χ4v) is 2.57. The zero-order valence-electron chi connectivity index (χ0n) is 7.84. The van der Waals surface area contributed by atoms with Gasteiger partial charge in [0, 0.05) is 11.9 Å². The van der Waals surface area contributed by atoms with E-state index in [9.17, 15) is 8.42 Å². The van der Waals surface area contributed by atoms with Gasteiger partial charge in [-0.05, 0) is 30.3 Å². The Morgan fingerprint density at radius 1 is 1.13 bits per heavy atom. The Kier molecular flexibility index (Phi) is 2.24. The second-order valence-electron chi connectivity index (χ2n) is 3.11. The number of anilines is 1. The van der Waals surface area contributed by atoms with Crippen molar-refractivity contribution in [2.75, 3.05) is 5.73 Å². The maximum absolute atomic E-state index is 12.0. The molecule has 2 rings (SSSR count). The lowest BCUT2D eigenvalue weighted by molar-refractivity contribution is 0.593. The molecule has 4 nitrogen and oxygen atoms in total. The highest BCUT2D eigenvalue weighted by Crippen LogP contribution is 2.20. The van der Waals surface area contributed by atoms with Crippen molar-refractivity contribution in [2.24, 2.45) is 0 Å². The van der Waals surface area contributed by atoms with Crippen LogP contribution in [-0.2, 0) is 9.84 Å². The van der Waals surface area contributed by atoms with Gasteiger partial charge < -0.3 is 10.7 Å². The standard InChI is InChI=1S/C10H10N2O2S/c11-8-3-1-4-9(7-8)15(13,14)10-5-2-6-12-10/h1-7,12H,11H2. The molecule has 78 valence electrons. The highest BCUT2D eigenvalue weighted by molar-refractivity contribution is 7.91. The van der Waals surface area contributed by atoms with Gasteiger partial charge in [0.2, 0.25) is 9.84 Å². The molecule has 0 unspecified atom stereocenters. The lowest BCUT2D eigenvalue weighted by Gasteiger charge is -2.02. The molecule has 0 spiro atoms. The molecule has 0 saturated carbocycles. The Labute approximate surface area is 87.7 Å². The summed E-state index contributed by atoms with van der Waals surface area (Å²) >= 11 is 0. The molecule has 15 heavy (non-hydrogen) atoms. The first-order valence-corrected chi connectivity index (χ1v) is 5.83. The van der Waals surface area contributed by atoms with E-state index in [1.54, 1.807) is 24.4 Å². The number of rotatable bonds is 2. The van der Waals surface area contributed by atoms with E-state index in [2.05, 4.69) is 4.98 Å². The maximum Gasteiger partial charge on any atom is 0.221 e. The summed E-state index contributed by atoms with van der Waals surface area (Å²) in [5.41, 5.74) is 5.97. The fourth-order valence-electron chi connectivity index (χ4n) is 1.29. The number of aromatic amines is 1. The van der Waals surface area contributed by atoms with Gasteiger partial charge in [-0.25, -0.2) is 8.42 Å². The summed E-state index contributed by atoms with van der Waals surface area (Å²) in [6.07, 6.45) is 1.57. The van der Waals surface area contributed by atoms with Crippen molar-refractivity contribution < 1.29 is 8.42 Å². The van der Waals surface area contributed by atoms with Crippen molar-refractivity contribution in [2.45, 2.75) is 9.92 Å². The van der Waals surface area contributed by atoms with Gasteiger partial charge in [0.15, 0.2) is 0 Å². The van der Waals surface area contributed by atoms with Crippen LogP contribution in [0.4, 0.5) is 5.69 Å². The molecule has 1 aromatic carbocycles. The van der Waals surface area contributed by atoms with E-state index in [0.29, 0.717) is 5.69 Å². The largest absolute Gasteiger partial charge is 0.399 e. The van der Waals surface area contributed by atoms with Crippen molar-refractivity contribution >= 4 is 15.5 Å². The zero-order chi connectivity index (χ0) is 10.9. The zero-order valence-corrected chi connectivity index (χ0v) is 8.66. The molecular weight excluding hydrogens is 212 g/mol. The van der Waals surface area contributed by atoms with Crippen molar-refractivity contribution in [1.82, 2.24) is 4.98 Å². The van der Waals surface area contributed by atoms with E-state index in [0.717, 1.165) is 0 Å². The van der Waals surface area contributed by atoms with Crippen LogP contribution in [0, 0.1) is 0 Å². The number of nitrogens with one attached hydrogen (secondary N) is 1. The summed E-state index contributed by atoms with van der Waals surface area (Å²) in [5.74, 6) is 0. The molecule has 2 aromatic rings. The summed E-state index contributed by atoms with van der Waals surface area (Å²) in [4.78, 5) is 2.87. The number of sulfone groups is 1. The average molecular weight is 222 g/mol. The molecule has 0 saturated heterocycles. The summed E-state index contributed by atoms with van der Waals surface area (Å²) in [6.45, 7) is 0. The summed E-state index contributed by atoms with van der Waals surface area (Å²) in [7, 11) is -3.45. The number of aromatic nitrogens is 1. The molecule has 3 N–H and O–H groups in total. The molecule has 5 heteroatoms. The smallest absolute Gasteiger partial charge is 0.221 e. The van der Waals surface area contributed by atoms with Crippen LogP contribution in [0.1, 0.15) is 0 Å². The first-order chi connectivity index (χ1) is 7.10. The quantitative estimate of drug-likeness (QED) is 0.755. The van der Waals surface area contributed by atoms with E-state index in [-0.39, 0.29) is 9.92 Å². The molecule has 0 atom stereocenters. The van der Waals surface area contributed by atoms with Gasteiger partial charge in [-0.15, -0.1) is 0 Å². The normalized spacial score (nSPS) is 11.5. The first-order valence-electron chi connectivity index (χ1n) is 4.35. The second kappa shape index (κ2) is 3.43. The Morgan fingerprint density at radius 2 is 1.93 bits per heavy atom. The molecule has 0 aliphatic carbocycles. The summed E-state index contributed by atoms with van der Waals surface area (Å²) in [5, 5.41) is 0.174. The summed E-state index contributed by atoms with van der Waals surface area (Å²) < 4.78 is 23.9. The number of H-pyrrole nitrogens is 1. The third-order valence-corrected chi connectivity index (χ3v) is 3.73. The van der Waals surface area contributed by atoms with E-state index < -0.39 is 9.84 Å². The number of hydrogen-bond acceptors (Lipinski definition) is 3. The molecule has 1 heterocycles. The van der Waals surface area contributed by atoms with Crippen LogP contribution in [0.25, 0.3) is 0 Å². The SMILES string of the molecule is Nc1cccc(S(=O)(=O)c2ccc[nH]2)c1. The van der Waals surface area contributed by atoms with Crippen LogP contribution < -0.4 is 5.73 Å². The van der Waals surface area contributed by atoms with E-state index >= 15 is 0 Å². The van der Waals surface area contributed by atoms with Crippen LogP contribution in [-0.4, -0.2) is 13.4 Å². The van der Waals surface area contributed by atoms with Crippen LogP contribution in [0.3, 0.4) is 0 Å². The highest BCUT2D eigenvalue weighted by Gasteiger charge is 2.17. The van der Waals surface area contributed by atoms with Crippen LogP contribution >= 0.6 is 0 Å². The Bertz CT molecular complexity index is 559. The third kappa shape index (κ3) is 1.73. The van der Waals surface area contributed by atoms with Gasteiger partial charge in [-0.3, -0.25) is 0 Å². The van der Waals surface area contributed by atoms with Gasteiger partial charge in [0.1, 0.15) is 5.03 Å². The van der Waals surface area contributed by atoms with Gasteiger partial charge in [0.05, 0.1) is 4.90 Å². The van der Waals surface area contributed by atoms with Gasteiger partial charge in [-0.2, -0.15) is 0 Å². The molecule has 0 amide bonds. The predicted molar refractivity (Wildman–Crippen MR) is 57.1 cm³/mol. The maximum atomic E-state index is 12.0. The first kappa shape index (κ1) is 9.79. The molecule has 0 radical (unpaired) electrons. The lowest BCUT2D eigenvalue weighted by atomic mass is 10.3. The van der Waals surface area contributed by atoms with Crippen molar-refractivity contribution in [3.63, 3.8) is 0 Å². The molecule has 0 fully saturated rings. The fraction of sp³-hybridized carbons (Fsp3) is 0. The molecule has 1 aromatic heterocycles. The topological polar surface area (TPSA) is 76.0 Å². The molecule has 0 bridgehead atoms. The molecule has 0 aliphatic rings. The van der Waals surface area contributed by atoms with E-state index in [4.69, 9.17) is 5.73 Å². The van der Waals surface area contributed by atoms with Gasteiger partial charge in [0.25, 0.3) is 0 Å². The number of hydrogen-bond donors (Lipinski definition) is 2. The number of nitrogens with two attached hydrogens (primary N) is 1. The minimum Gasteiger partial charge on any atom is -0.399 e. The predicted octanol–water partition coefficient (Wildman–Crippen LogP) is 1.43. The van der Waals surface area contributed by atoms with Crippen molar-refractivity contribution in [1.29, 1.82) is 0 Å². The minimum absolute atomic E-state index is 0.174. The second-order valence-corrected chi connectivity index (χ2v) is 5.03. The van der Waals surface area contributed by atoms with Gasteiger partial charge in [-0.1, -0.05) is 6.07 Å². The summed E-state index contributed by atoms with van der Waals surface area (Å²) in [6, 6.07) is 9.37. The molecule has 0 aliphatic heterocycles. The third-order valence-electron chi connectivity index (χ3n) is 2.03. The van der Waals surface area contributed by atoms with Crippen molar-refractivity contribution in [3.8, 4) is 0 Å². The van der Waals surface area contributed by atoms with E-state index in [1.165, 1.54) is 18.2 Å². The highest BCUT2D eigenvalue weighted by atomic mass is 32.2. The minimum atomic E-state index is -3.45. The Balaban J connectivity index is 2.57. The van der Waals surface area contributed by atoms with Crippen LogP contribution in [0.15, 0.2) is 52.5 Å².